The molecule has 0 aromatic rings. The molecule has 0 aliphatic carbocycles. The molecule has 0 fully saturated rings. The Morgan fingerprint density at radius 3 is 3.00 bits per heavy atom. The first-order valence-corrected chi connectivity index (χ1v) is 2.78. The van der Waals surface area contributed by atoms with Crippen molar-refractivity contribution >= 4 is 0 Å². The van der Waals surface area contributed by atoms with E-state index in [9.17, 15) is 0 Å². The second kappa shape index (κ2) is 6.07. The molecule has 0 unspecified atom stereocenters. The summed E-state index contributed by atoms with van der Waals surface area (Å²) in [6.45, 7) is 0. The van der Waals surface area contributed by atoms with Crippen LogP contribution in [0, 0.1) is 0 Å². The minimum absolute atomic E-state index is 0. The van der Waals surface area contributed by atoms with Gasteiger partial charge >= 0.3 is 29.6 Å². The second-order valence-corrected chi connectivity index (χ2v) is 1.63. The van der Waals surface area contributed by atoms with Gasteiger partial charge in [-0.2, -0.15) is 0 Å². The summed E-state index contributed by atoms with van der Waals surface area (Å²) in [4.78, 5) is 2.63. The maximum Gasteiger partial charge on any atom is 1.00 e. The molecule has 4 nitrogen and oxygen atoms in total. The number of nitrogens with one attached hydrogen (secondary N) is 1. The van der Waals surface area contributed by atoms with Gasteiger partial charge in [0.15, 0.2) is 0 Å². The Morgan fingerprint density at radius 2 is 2.27 bits per heavy atom. The third-order valence-corrected chi connectivity index (χ3v) is 0.956. The molecule has 0 atom stereocenters. The van der Waals surface area contributed by atoms with E-state index in [0.29, 0.717) is 5.82 Å². The van der Waals surface area contributed by atoms with E-state index in [1.807, 2.05) is 12.2 Å². The number of hydrogen-bond acceptors (Lipinski definition) is 2. The Labute approximate surface area is 88.1 Å². The fourth-order valence-electron chi connectivity index (χ4n) is 0.558. The SMILES string of the molecule is [H-].[N-]=[N+]=NC1=CC=CC=CN1.[Na+]. The van der Waals surface area contributed by atoms with Crippen LogP contribution in [0.4, 0.5) is 0 Å². The van der Waals surface area contributed by atoms with Crippen molar-refractivity contribution in [2.45, 2.75) is 0 Å². The van der Waals surface area contributed by atoms with Gasteiger partial charge in [0, 0.05) is 11.1 Å². The van der Waals surface area contributed by atoms with Crippen molar-refractivity contribution in [1.29, 1.82) is 0 Å². The molecule has 0 bridgehead atoms. The number of rotatable bonds is 1. The molecule has 5 heteroatoms. The zero-order chi connectivity index (χ0) is 7.23. The summed E-state index contributed by atoms with van der Waals surface area (Å²) in [6.07, 6.45) is 8.84. The van der Waals surface area contributed by atoms with Gasteiger partial charge in [-0.3, -0.25) is 0 Å². The summed E-state index contributed by atoms with van der Waals surface area (Å²) in [5.74, 6) is 0.507. The monoisotopic (exact) mass is 158 g/mol. The van der Waals surface area contributed by atoms with Gasteiger partial charge in [-0.1, -0.05) is 12.2 Å². The van der Waals surface area contributed by atoms with Crippen LogP contribution >= 0.6 is 0 Å². The third-order valence-electron chi connectivity index (χ3n) is 0.956. The van der Waals surface area contributed by atoms with E-state index in [1.54, 1.807) is 18.4 Å². The van der Waals surface area contributed by atoms with E-state index >= 15 is 0 Å². The standard InChI is InChI=1S/C6H6N4.Na.H/c7-10-9-6-4-2-1-3-5-8-6;;/h1-5,8H;;/q;+1;-1. The number of allylic oxidation sites excluding steroid dienone is 4. The largest absolute Gasteiger partial charge is 1.00 e. The summed E-state index contributed by atoms with van der Waals surface area (Å²) in [5, 5.41) is 6.15. The zero-order valence-electron chi connectivity index (χ0n) is 7.23. The van der Waals surface area contributed by atoms with Gasteiger partial charge in [-0.15, -0.1) is 0 Å². The fraction of sp³-hybridized carbons (Fsp3) is 0. The predicted octanol–water partition coefficient (Wildman–Crippen LogP) is -1.07. The average molecular weight is 158 g/mol. The molecule has 0 aromatic heterocycles. The van der Waals surface area contributed by atoms with Crippen LogP contribution in [0.3, 0.4) is 0 Å². The van der Waals surface area contributed by atoms with Crippen molar-refractivity contribution in [3.8, 4) is 0 Å². The van der Waals surface area contributed by atoms with Crippen LogP contribution in [0.15, 0.2) is 41.4 Å². The second-order valence-electron chi connectivity index (χ2n) is 1.63. The maximum absolute atomic E-state index is 8.04. The Kier molecular flexibility index (Phi) is 5.70. The minimum Gasteiger partial charge on any atom is -1.00 e. The quantitative estimate of drug-likeness (QED) is 0.224. The molecule has 1 heterocycles. The van der Waals surface area contributed by atoms with Crippen LogP contribution < -0.4 is 34.9 Å². The molecule has 1 rings (SSSR count). The van der Waals surface area contributed by atoms with E-state index in [1.165, 1.54) is 0 Å². The molecule has 1 N–H and O–H groups in total. The number of nitrogens with zero attached hydrogens (tertiary/aromatic N) is 3. The summed E-state index contributed by atoms with van der Waals surface area (Å²) < 4.78 is 0. The Balaban J connectivity index is 0. The molecule has 1 aliphatic rings. The molecular formula is C6H7N4Na. The first-order chi connectivity index (χ1) is 4.93. The Morgan fingerprint density at radius 1 is 1.45 bits per heavy atom. The van der Waals surface area contributed by atoms with E-state index in [0.717, 1.165) is 0 Å². The zero-order valence-corrected chi connectivity index (χ0v) is 8.23. The van der Waals surface area contributed by atoms with Gasteiger partial charge in [-0.25, -0.2) is 0 Å². The van der Waals surface area contributed by atoms with Crippen LogP contribution in [-0.2, 0) is 0 Å². The Bertz CT molecular complexity index is 252. The molecule has 0 radical (unpaired) electrons. The first-order valence-electron chi connectivity index (χ1n) is 2.78. The maximum atomic E-state index is 8.04. The van der Waals surface area contributed by atoms with Crippen LogP contribution in [0.1, 0.15) is 1.43 Å². The molecule has 52 valence electrons. The summed E-state index contributed by atoms with van der Waals surface area (Å²) in [6, 6.07) is 0. The van der Waals surface area contributed by atoms with Gasteiger partial charge in [0.2, 0.25) is 0 Å². The molecule has 0 saturated carbocycles. The van der Waals surface area contributed by atoms with Crippen molar-refractivity contribution < 1.29 is 31.0 Å². The summed E-state index contributed by atoms with van der Waals surface area (Å²) in [7, 11) is 0. The smallest absolute Gasteiger partial charge is 1.00 e. The number of hydrogen-bond donors (Lipinski definition) is 1. The van der Waals surface area contributed by atoms with E-state index in [2.05, 4.69) is 15.3 Å². The molecular weight excluding hydrogens is 151 g/mol. The minimum atomic E-state index is 0. The van der Waals surface area contributed by atoms with Crippen molar-refractivity contribution in [3.63, 3.8) is 0 Å². The fourth-order valence-corrected chi connectivity index (χ4v) is 0.558. The van der Waals surface area contributed by atoms with Gasteiger partial charge in [0.05, 0.1) is 0 Å². The average Bonchev–Trinajstić information content (AvgIpc) is 2.17. The number of azide groups is 1. The normalized spacial score (nSPS) is 13.3. The van der Waals surface area contributed by atoms with Crippen molar-refractivity contribution in [3.05, 3.63) is 46.8 Å². The topological polar surface area (TPSA) is 60.8 Å². The van der Waals surface area contributed by atoms with Gasteiger partial charge in [0.25, 0.3) is 0 Å². The van der Waals surface area contributed by atoms with Crippen molar-refractivity contribution in [2.75, 3.05) is 0 Å². The summed E-state index contributed by atoms with van der Waals surface area (Å²) in [5.41, 5.74) is 8.04. The van der Waals surface area contributed by atoms with Crippen molar-refractivity contribution in [2.24, 2.45) is 5.11 Å². The van der Waals surface area contributed by atoms with E-state index < -0.39 is 0 Å². The molecule has 0 aromatic carbocycles. The predicted molar refractivity (Wildman–Crippen MR) is 39.8 cm³/mol. The van der Waals surface area contributed by atoms with E-state index in [-0.39, 0.29) is 31.0 Å². The summed E-state index contributed by atoms with van der Waals surface area (Å²) >= 11 is 0. The molecule has 11 heavy (non-hydrogen) atoms. The molecule has 1 aliphatic heterocycles. The molecule has 0 amide bonds. The molecule has 0 spiro atoms. The van der Waals surface area contributed by atoms with Crippen LogP contribution in [0.2, 0.25) is 0 Å². The van der Waals surface area contributed by atoms with Crippen LogP contribution in [0.5, 0.6) is 0 Å². The Hall–Kier alpha value is -0.670. The third kappa shape index (κ3) is 3.91. The van der Waals surface area contributed by atoms with Gasteiger partial charge in [-0.05, 0) is 22.8 Å². The van der Waals surface area contributed by atoms with E-state index in [4.69, 9.17) is 5.53 Å². The van der Waals surface area contributed by atoms with Crippen LogP contribution in [0.25, 0.3) is 10.4 Å². The van der Waals surface area contributed by atoms with Gasteiger partial charge in [0.1, 0.15) is 5.82 Å². The molecule has 0 saturated heterocycles. The van der Waals surface area contributed by atoms with Crippen molar-refractivity contribution in [1.82, 2.24) is 5.32 Å². The van der Waals surface area contributed by atoms with Gasteiger partial charge < -0.3 is 6.74 Å². The van der Waals surface area contributed by atoms with Crippen LogP contribution in [-0.4, -0.2) is 0 Å². The first kappa shape index (κ1) is 10.3.